The smallest absolute Gasteiger partial charge is 0.255 e. The average Bonchev–Trinajstić information content (AvgIpc) is 3.09. The molecule has 0 bridgehead atoms. The molecule has 0 spiro atoms. The summed E-state index contributed by atoms with van der Waals surface area (Å²) in [6.45, 7) is 0. The van der Waals surface area contributed by atoms with Crippen molar-refractivity contribution in [1.29, 1.82) is 5.26 Å². The van der Waals surface area contributed by atoms with Gasteiger partial charge in [0.1, 0.15) is 5.04 Å². The maximum Gasteiger partial charge on any atom is 0.445 e. The molecular weight excluding hydrogens is 314 g/mol. The molecule has 0 aromatic heterocycles. The van der Waals surface area contributed by atoms with Crippen LogP contribution in [0.3, 0.4) is 0 Å². The van der Waals surface area contributed by atoms with E-state index < -0.39 is 5.92 Å². The Bertz CT molecular complexity index is 697. The van der Waals surface area contributed by atoms with E-state index in [1.807, 2.05) is 0 Å². The van der Waals surface area contributed by atoms with Gasteiger partial charge in [0.2, 0.25) is 5.84 Å². The number of rotatable bonds is 2. The maximum absolute atomic E-state index is 12.5. The molecule has 0 N–H and O–H groups in total. The second kappa shape index (κ2) is 6.24. The predicted octanol–water partition coefficient (Wildman–Crippen LogP) is 1.49. The molecular formula is C15H18N5O2S+. The molecule has 1 aliphatic carbocycles. The van der Waals surface area contributed by atoms with Gasteiger partial charge < -0.3 is 0 Å². The van der Waals surface area contributed by atoms with Crippen LogP contribution in [-0.2, 0) is 4.79 Å². The number of nitrogens with zero attached hydrogens (tertiary/aromatic N) is 5. The van der Waals surface area contributed by atoms with Crippen molar-refractivity contribution in [3.8, 4) is 6.07 Å². The molecule has 1 fully saturated rings. The Hall–Kier alpha value is -2.01. The van der Waals surface area contributed by atoms with E-state index in [1.54, 1.807) is 7.05 Å². The Balaban J connectivity index is 2.07. The highest BCUT2D eigenvalue weighted by Crippen LogP contribution is 2.31. The molecule has 8 heteroatoms. The number of amidine groups is 2. The second-order valence-electron chi connectivity index (χ2n) is 5.88. The summed E-state index contributed by atoms with van der Waals surface area (Å²) in [7, 11) is 3.09. The van der Waals surface area contributed by atoms with Crippen molar-refractivity contribution in [3.05, 3.63) is 0 Å². The number of hydrogen-bond donors (Lipinski definition) is 0. The monoisotopic (exact) mass is 332 g/mol. The molecule has 0 saturated heterocycles. The first-order valence-corrected chi connectivity index (χ1v) is 8.62. The van der Waals surface area contributed by atoms with E-state index in [-0.39, 0.29) is 23.6 Å². The van der Waals surface area contributed by atoms with Crippen LogP contribution >= 0.6 is 11.8 Å². The van der Waals surface area contributed by atoms with Crippen molar-refractivity contribution in [1.82, 2.24) is 4.90 Å². The van der Waals surface area contributed by atoms with Crippen LogP contribution in [0, 0.1) is 23.2 Å². The van der Waals surface area contributed by atoms with Crippen LogP contribution in [0.2, 0.25) is 0 Å². The van der Waals surface area contributed by atoms with Crippen LogP contribution in [0.1, 0.15) is 25.7 Å². The van der Waals surface area contributed by atoms with Crippen LogP contribution in [0.15, 0.2) is 9.98 Å². The van der Waals surface area contributed by atoms with Gasteiger partial charge in [0.05, 0.1) is 25.9 Å². The zero-order chi connectivity index (χ0) is 16.6. The lowest BCUT2D eigenvalue weighted by molar-refractivity contribution is -0.407. The summed E-state index contributed by atoms with van der Waals surface area (Å²) in [5.41, 5.74) is 0. The van der Waals surface area contributed by atoms with E-state index in [0.29, 0.717) is 16.7 Å². The number of fused-ring (bicyclic) bond motifs is 1. The van der Waals surface area contributed by atoms with Crippen LogP contribution in [0.5, 0.6) is 0 Å². The van der Waals surface area contributed by atoms with Crippen molar-refractivity contribution in [3.63, 3.8) is 0 Å². The van der Waals surface area contributed by atoms with E-state index in [4.69, 9.17) is 5.26 Å². The molecule has 1 atom stereocenters. The first kappa shape index (κ1) is 15.9. The molecule has 7 nitrogen and oxygen atoms in total. The molecule has 3 aliphatic rings. The number of thioether (sulfide) groups is 1. The van der Waals surface area contributed by atoms with E-state index in [9.17, 15) is 9.59 Å². The Kier molecular flexibility index (Phi) is 4.31. The van der Waals surface area contributed by atoms with Gasteiger partial charge in [0.25, 0.3) is 5.84 Å². The standard InChI is InChI=1S/C15H18N5O2S/c1-19-12-10(14(21)20(2)15(19)22)13(23-8-7-16)18-11(17-12)9-5-3-4-6-9/h9-10H,3-6,8H2,1-2H3/q+1. The third kappa shape index (κ3) is 2.70. The van der Waals surface area contributed by atoms with Gasteiger partial charge in [-0.3, -0.25) is 4.79 Å². The van der Waals surface area contributed by atoms with Gasteiger partial charge in [-0.05, 0) is 12.8 Å². The van der Waals surface area contributed by atoms with Gasteiger partial charge in [0, 0.05) is 5.92 Å². The summed E-state index contributed by atoms with van der Waals surface area (Å²) < 4.78 is 1.42. The minimum atomic E-state index is -0.675. The fourth-order valence-corrected chi connectivity index (χ4v) is 3.92. The van der Waals surface area contributed by atoms with Gasteiger partial charge >= 0.3 is 11.9 Å². The van der Waals surface area contributed by atoms with Crippen molar-refractivity contribution >= 4 is 40.4 Å². The fourth-order valence-electron chi connectivity index (χ4n) is 3.18. The van der Waals surface area contributed by atoms with Crippen molar-refractivity contribution in [2.75, 3.05) is 19.8 Å². The lowest BCUT2D eigenvalue weighted by atomic mass is 10.0. The molecule has 3 amide bonds. The molecule has 0 aromatic carbocycles. The zero-order valence-corrected chi connectivity index (χ0v) is 14.0. The summed E-state index contributed by atoms with van der Waals surface area (Å²) in [4.78, 5) is 35.0. The minimum Gasteiger partial charge on any atom is -0.255 e. The molecule has 3 rings (SSSR count). The molecule has 0 aromatic rings. The number of imide groups is 1. The highest BCUT2D eigenvalue weighted by molar-refractivity contribution is 8.14. The second-order valence-corrected chi connectivity index (χ2v) is 6.87. The third-order valence-electron chi connectivity index (χ3n) is 4.46. The molecule has 120 valence electrons. The van der Waals surface area contributed by atoms with Crippen LogP contribution in [0.25, 0.3) is 0 Å². The summed E-state index contributed by atoms with van der Waals surface area (Å²) in [6.07, 6.45) is 4.36. The van der Waals surface area contributed by atoms with Gasteiger partial charge in [-0.1, -0.05) is 29.6 Å². The summed E-state index contributed by atoms with van der Waals surface area (Å²) in [5, 5.41) is 9.44. The quantitative estimate of drug-likeness (QED) is 0.717. The Labute approximate surface area is 138 Å². The first-order valence-electron chi connectivity index (χ1n) is 7.63. The van der Waals surface area contributed by atoms with Crippen molar-refractivity contribution in [2.45, 2.75) is 25.7 Å². The van der Waals surface area contributed by atoms with Crippen LogP contribution in [0.4, 0.5) is 4.79 Å². The summed E-state index contributed by atoms with van der Waals surface area (Å²) in [6, 6.07) is 1.68. The van der Waals surface area contributed by atoms with E-state index >= 15 is 0 Å². The normalized spacial score (nSPS) is 25.3. The summed E-state index contributed by atoms with van der Waals surface area (Å²) in [5.74, 6) is 0.628. The van der Waals surface area contributed by atoms with Crippen LogP contribution < -0.4 is 0 Å². The lowest BCUT2D eigenvalue weighted by Gasteiger charge is -2.27. The van der Waals surface area contributed by atoms with E-state index in [1.165, 1.54) is 23.4 Å². The maximum atomic E-state index is 12.5. The SMILES string of the molecule is CN1C(=O)C2C(SCC#N)=NC(C3CCCC3)=NC2=[N+](C)C1=O. The third-order valence-corrected chi connectivity index (χ3v) is 5.36. The Morgan fingerprint density at radius 3 is 2.70 bits per heavy atom. The van der Waals surface area contributed by atoms with Crippen LogP contribution in [-0.4, -0.2) is 58.0 Å². The van der Waals surface area contributed by atoms with E-state index in [2.05, 4.69) is 16.1 Å². The predicted molar refractivity (Wildman–Crippen MR) is 87.7 cm³/mol. The summed E-state index contributed by atoms with van der Waals surface area (Å²) >= 11 is 1.26. The molecule has 2 aliphatic heterocycles. The fraction of sp³-hybridized carbons (Fsp3) is 0.600. The number of carbonyl (C=O) groups is 2. The Morgan fingerprint density at radius 1 is 1.35 bits per heavy atom. The van der Waals surface area contributed by atoms with Gasteiger partial charge in [-0.15, -0.1) is 0 Å². The van der Waals surface area contributed by atoms with Crippen molar-refractivity contribution in [2.24, 2.45) is 21.8 Å². The number of amides is 3. The first-order chi connectivity index (χ1) is 11.0. The van der Waals surface area contributed by atoms with Crippen molar-refractivity contribution < 1.29 is 14.2 Å². The van der Waals surface area contributed by atoms with Gasteiger partial charge in [-0.2, -0.15) is 14.7 Å². The number of aliphatic imine (C=N–C) groups is 2. The van der Waals surface area contributed by atoms with Gasteiger partial charge in [-0.25, -0.2) is 9.79 Å². The minimum absolute atomic E-state index is 0.217. The van der Waals surface area contributed by atoms with Gasteiger partial charge in [0.15, 0.2) is 5.92 Å². The van der Waals surface area contributed by atoms with E-state index in [0.717, 1.165) is 30.6 Å². The number of urea groups is 1. The Morgan fingerprint density at radius 2 is 2.04 bits per heavy atom. The highest BCUT2D eigenvalue weighted by Gasteiger charge is 2.49. The average molecular weight is 332 g/mol. The molecule has 1 unspecified atom stereocenters. The zero-order valence-electron chi connectivity index (χ0n) is 13.2. The molecule has 23 heavy (non-hydrogen) atoms. The number of hydrogen-bond acceptors (Lipinski definition) is 6. The lowest BCUT2D eigenvalue weighted by Crippen LogP contribution is -2.55. The largest absolute Gasteiger partial charge is 0.445 e. The number of carbonyl (C=O) groups excluding carboxylic acids is 2. The molecule has 2 heterocycles. The molecule has 0 radical (unpaired) electrons. The number of nitriles is 1. The molecule has 1 saturated carbocycles. The highest BCUT2D eigenvalue weighted by atomic mass is 32.2. The topological polar surface area (TPSA) is 88.9 Å².